The molecule has 1 aliphatic heterocycles. The summed E-state index contributed by atoms with van der Waals surface area (Å²) in [6.45, 7) is 9.86. The van der Waals surface area contributed by atoms with Crippen LogP contribution in [0.1, 0.15) is 39.2 Å². The van der Waals surface area contributed by atoms with Crippen molar-refractivity contribution < 1.29 is 0 Å². The summed E-state index contributed by atoms with van der Waals surface area (Å²) in [5.41, 5.74) is 8.37. The van der Waals surface area contributed by atoms with Gasteiger partial charge in [-0.05, 0) is 56.0 Å². The Morgan fingerprint density at radius 1 is 1.22 bits per heavy atom. The average Bonchev–Trinajstić information content (AvgIpc) is 3.02. The number of guanidine groups is 1. The highest BCUT2D eigenvalue weighted by Gasteiger charge is 2.24. The third kappa shape index (κ3) is 6.30. The molecule has 0 aromatic heterocycles. The zero-order valence-corrected chi connectivity index (χ0v) is 16.9. The minimum atomic E-state index is 0. The van der Waals surface area contributed by atoms with Gasteiger partial charge < -0.3 is 11.1 Å². The monoisotopic (exact) mass is 430 g/mol. The van der Waals surface area contributed by atoms with Gasteiger partial charge in [-0.2, -0.15) is 0 Å². The molecule has 3 N–H and O–H groups in total. The summed E-state index contributed by atoms with van der Waals surface area (Å²) < 4.78 is 0. The summed E-state index contributed by atoms with van der Waals surface area (Å²) in [4.78, 5) is 7.12. The molecule has 0 spiro atoms. The molecule has 2 rings (SSSR count). The van der Waals surface area contributed by atoms with Gasteiger partial charge in [0.2, 0.25) is 0 Å². The average molecular weight is 430 g/mol. The topological polar surface area (TPSA) is 53.6 Å². The Kier molecular flexibility index (Phi) is 8.91. The van der Waals surface area contributed by atoms with E-state index in [9.17, 15) is 0 Å². The van der Waals surface area contributed by atoms with Crippen LogP contribution in [0.2, 0.25) is 0 Å². The number of nitrogens with one attached hydrogen (secondary N) is 1. The first-order chi connectivity index (χ1) is 10.6. The van der Waals surface area contributed by atoms with Crippen LogP contribution in [0.4, 0.5) is 5.69 Å². The SMILES string of the molecule is CCc1ccc(NC(N)=NCC(C(C)C)N2CCCC2)cc1.I. The zero-order chi connectivity index (χ0) is 15.9. The second-order valence-corrected chi connectivity index (χ2v) is 6.46. The van der Waals surface area contributed by atoms with E-state index in [4.69, 9.17) is 5.73 Å². The Hall–Kier alpha value is -0.820. The summed E-state index contributed by atoms with van der Waals surface area (Å²) in [6.07, 6.45) is 3.67. The Bertz CT molecular complexity index is 478. The largest absolute Gasteiger partial charge is 0.370 e. The van der Waals surface area contributed by atoms with Crippen LogP contribution in [-0.4, -0.2) is 36.5 Å². The lowest BCUT2D eigenvalue weighted by atomic mass is 10.0. The summed E-state index contributed by atoms with van der Waals surface area (Å²) in [6, 6.07) is 8.85. The molecule has 4 nitrogen and oxygen atoms in total. The van der Waals surface area contributed by atoms with Gasteiger partial charge >= 0.3 is 0 Å². The number of aryl methyl sites for hydroxylation is 1. The van der Waals surface area contributed by atoms with Gasteiger partial charge in [0, 0.05) is 11.7 Å². The third-order valence-electron chi connectivity index (χ3n) is 4.46. The second-order valence-electron chi connectivity index (χ2n) is 6.46. The third-order valence-corrected chi connectivity index (χ3v) is 4.46. The molecule has 0 saturated carbocycles. The van der Waals surface area contributed by atoms with Gasteiger partial charge in [0.15, 0.2) is 5.96 Å². The quantitative estimate of drug-likeness (QED) is 0.411. The molecule has 0 amide bonds. The maximum absolute atomic E-state index is 6.04. The van der Waals surface area contributed by atoms with E-state index in [-0.39, 0.29) is 24.0 Å². The van der Waals surface area contributed by atoms with E-state index in [1.807, 2.05) is 0 Å². The van der Waals surface area contributed by atoms with Crippen molar-refractivity contribution in [3.05, 3.63) is 29.8 Å². The maximum Gasteiger partial charge on any atom is 0.193 e. The van der Waals surface area contributed by atoms with E-state index in [1.165, 1.54) is 31.5 Å². The fraction of sp³-hybridized carbons (Fsp3) is 0.611. The predicted molar refractivity (Wildman–Crippen MR) is 111 cm³/mol. The first-order valence-corrected chi connectivity index (χ1v) is 8.50. The number of benzene rings is 1. The van der Waals surface area contributed by atoms with Gasteiger partial charge in [-0.3, -0.25) is 9.89 Å². The maximum atomic E-state index is 6.04. The standard InChI is InChI=1S/C18H30N4.HI/c1-4-15-7-9-16(10-8-15)21-18(19)20-13-17(14(2)3)22-11-5-6-12-22;/h7-10,14,17H,4-6,11-13H2,1-3H3,(H3,19,20,21);1H. The first kappa shape index (κ1) is 20.2. The summed E-state index contributed by atoms with van der Waals surface area (Å²) >= 11 is 0. The van der Waals surface area contributed by atoms with E-state index < -0.39 is 0 Å². The Morgan fingerprint density at radius 2 is 1.83 bits per heavy atom. The number of anilines is 1. The van der Waals surface area contributed by atoms with Gasteiger partial charge in [-0.15, -0.1) is 24.0 Å². The number of halogens is 1. The van der Waals surface area contributed by atoms with Crippen LogP contribution >= 0.6 is 24.0 Å². The van der Waals surface area contributed by atoms with Crippen molar-refractivity contribution in [1.82, 2.24) is 4.90 Å². The normalized spacial score (nSPS) is 17.1. The number of hydrogen-bond acceptors (Lipinski definition) is 2. The molecule has 1 saturated heterocycles. The van der Waals surface area contributed by atoms with E-state index in [1.54, 1.807) is 0 Å². The highest BCUT2D eigenvalue weighted by atomic mass is 127. The predicted octanol–water partition coefficient (Wildman–Crippen LogP) is 3.71. The van der Waals surface area contributed by atoms with Crippen LogP contribution < -0.4 is 11.1 Å². The molecule has 130 valence electrons. The number of rotatable bonds is 6. The molecule has 1 aliphatic rings. The number of likely N-dealkylation sites (tertiary alicyclic amines) is 1. The molecule has 23 heavy (non-hydrogen) atoms. The molecule has 5 heteroatoms. The summed E-state index contributed by atoms with van der Waals surface area (Å²) in [5, 5.41) is 3.19. The number of nitrogens with zero attached hydrogens (tertiary/aromatic N) is 2. The molecule has 1 aromatic rings. The smallest absolute Gasteiger partial charge is 0.193 e. The van der Waals surface area contributed by atoms with Crippen molar-refractivity contribution in [1.29, 1.82) is 0 Å². The summed E-state index contributed by atoms with van der Waals surface area (Å²) in [5.74, 6) is 1.10. The minimum Gasteiger partial charge on any atom is -0.370 e. The highest BCUT2D eigenvalue weighted by molar-refractivity contribution is 14.0. The molecular formula is C18H31IN4. The van der Waals surface area contributed by atoms with Crippen LogP contribution in [-0.2, 0) is 6.42 Å². The van der Waals surface area contributed by atoms with Crippen molar-refractivity contribution in [2.24, 2.45) is 16.6 Å². The number of nitrogens with two attached hydrogens (primary N) is 1. The van der Waals surface area contributed by atoms with Crippen LogP contribution in [0.25, 0.3) is 0 Å². The van der Waals surface area contributed by atoms with Crippen LogP contribution in [0.5, 0.6) is 0 Å². The molecule has 1 atom stereocenters. The Labute approximate surface area is 157 Å². The van der Waals surface area contributed by atoms with Gasteiger partial charge in [0.05, 0.1) is 6.54 Å². The van der Waals surface area contributed by atoms with E-state index in [0.29, 0.717) is 17.9 Å². The lowest BCUT2D eigenvalue weighted by molar-refractivity contribution is 0.198. The number of hydrogen-bond donors (Lipinski definition) is 2. The molecule has 1 fully saturated rings. The van der Waals surface area contributed by atoms with Gasteiger partial charge in [0.1, 0.15) is 0 Å². The van der Waals surface area contributed by atoms with Crippen molar-refractivity contribution in [2.45, 2.75) is 46.1 Å². The van der Waals surface area contributed by atoms with Crippen molar-refractivity contribution in [3.8, 4) is 0 Å². The molecular weight excluding hydrogens is 399 g/mol. The highest BCUT2D eigenvalue weighted by Crippen LogP contribution is 2.18. The Morgan fingerprint density at radius 3 is 2.35 bits per heavy atom. The lowest BCUT2D eigenvalue weighted by Gasteiger charge is -2.29. The van der Waals surface area contributed by atoms with E-state index in [2.05, 4.69) is 60.2 Å². The lowest BCUT2D eigenvalue weighted by Crippen LogP contribution is -2.40. The van der Waals surface area contributed by atoms with Gasteiger partial charge in [0.25, 0.3) is 0 Å². The molecule has 1 unspecified atom stereocenters. The van der Waals surface area contributed by atoms with Crippen molar-refractivity contribution in [3.63, 3.8) is 0 Å². The van der Waals surface area contributed by atoms with Crippen LogP contribution in [0.15, 0.2) is 29.3 Å². The molecule has 1 aromatic carbocycles. The fourth-order valence-corrected chi connectivity index (χ4v) is 3.02. The summed E-state index contributed by atoms with van der Waals surface area (Å²) in [7, 11) is 0. The molecule has 0 bridgehead atoms. The first-order valence-electron chi connectivity index (χ1n) is 8.50. The van der Waals surface area contributed by atoms with E-state index in [0.717, 1.165) is 18.7 Å². The molecule has 0 aliphatic carbocycles. The zero-order valence-electron chi connectivity index (χ0n) is 14.6. The second kappa shape index (κ2) is 10.1. The number of aliphatic imine (C=N–C) groups is 1. The van der Waals surface area contributed by atoms with Crippen LogP contribution in [0, 0.1) is 5.92 Å². The van der Waals surface area contributed by atoms with Gasteiger partial charge in [-0.25, -0.2) is 0 Å². The molecule has 0 radical (unpaired) electrons. The van der Waals surface area contributed by atoms with Gasteiger partial charge in [-0.1, -0.05) is 32.9 Å². The molecule has 1 heterocycles. The minimum absolute atomic E-state index is 0. The van der Waals surface area contributed by atoms with E-state index >= 15 is 0 Å². The van der Waals surface area contributed by atoms with Crippen LogP contribution in [0.3, 0.4) is 0 Å². The van der Waals surface area contributed by atoms with Crippen molar-refractivity contribution >= 4 is 35.6 Å². The Balaban J connectivity index is 0.00000264. The fourth-order valence-electron chi connectivity index (χ4n) is 3.02. The van der Waals surface area contributed by atoms with Crippen molar-refractivity contribution in [2.75, 3.05) is 25.0 Å².